The van der Waals surface area contributed by atoms with Gasteiger partial charge in [0.2, 0.25) is 9.84 Å². The van der Waals surface area contributed by atoms with E-state index in [1.807, 2.05) is 0 Å². The van der Waals surface area contributed by atoms with Gasteiger partial charge in [-0.3, -0.25) is 0 Å². The van der Waals surface area contributed by atoms with Gasteiger partial charge in [-0.1, -0.05) is 0 Å². The molecule has 19 heavy (non-hydrogen) atoms. The Hall–Kier alpha value is -0.01000. The summed E-state index contributed by atoms with van der Waals surface area (Å²) in [4.78, 5) is 0.196. The quantitative estimate of drug-likeness (QED) is 0.798. The van der Waals surface area contributed by atoms with Crippen molar-refractivity contribution < 1.29 is 18.6 Å². The molecule has 0 aromatic heterocycles. The van der Waals surface area contributed by atoms with Crippen LogP contribution in [0.5, 0.6) is 11.5 Å². The summed E-state index contributed by atoms with van der Waals surface area (Å²) >= 11 is 0. The maximum atomic E-state index is 12.1. The first kappa shape index (κ1) is 19.0. The molecule has 0 heterocycles. The molecule has 0 radical (unpaired) electrons. The number of hydrogen-bond donors (Lipinski definition) is 2. The van der Waals surface area contributed by atoms with Crippen LogP contribution in [0.4, 0.5) is 0 Å². The molecule has 2 N–H and O–H groups in total. The Kier molecular flexibility index (Phi) is 7.68. The van der Waals surface area contributed by atoms with Crippen molar-refractivity contribution in [2.45, 2.75) is 9.79 Å². The SMILES string of the molecule is O=S(=O)(c1ccc(O)cc1)c1ccc(O)cc1.[NaH].[NaH]. The molecule has 0 aliphatic carbocycles. The summed E-state index contributed by atoms with van der Waals surface area (Å²) in [6.45, 7) is 0. The van der Waals surface area contributed by atoms with Crippen molar-refractivity contribution in [2.24, 2.45) is 0 Å². The van der Waals surface area contributed by atoms with Crippen molar-refractivity contribution >= 4 is 69.0 Å². The van der Waals surface area contributed by atoms with Gasteiger partial charge in [0.05, 0.1) is 9.79 Å². The number of benzene rings is 2. The zero-order valence-corrected chi connectivity index (χ0v) is 9.55. The van der Waals surface area contributed by atoms with E-state index < -0.39 is 9.84 Å². The molecular weight excluding hydrogens is 286 g/mol. The number of sulfone groups is 1. The van der Waals surface area contributed by atoms with Gasteiger partial charge in [0.1, 0.15) is 11.5 Å². The summed E-state index contributed by atoms with van der Waals surface area (Å²) in [5.41, 5.74) is 0. The average molecular weight is 298 g/mol. The van der Waals surface area contributed by atoms with E-state index in [4.69, 9.17) is 10.2 Å². The summed E-state index contributed by atoms with van der Waals surface area (Å²) in [5, 5.41) is 18.2. The van der Waals surface area contributed by atoms with Crippen LogP contribution in [-0.2, 0) is 9.84 Å². The Balaban J connectivity index is 0.00000162. The van der Waals surface area contributed by atoms with Crippen LogP contribution in [0, 0.1) is 0 Å². The van der Waals surface area contributed by atoms with Gasteiger partial charge in [0.25, 0.3) is 0 Å². The Labute approximate surface area is 156 Å². The Morgan fingerprint density at radius 2 is 0.895 bits per heavy atom. The van der Waals surface area contributed by atoms with E-state index in [-0.39, 0.29) is 80.4 Å². The Morgan fingerprint density at radius 1 is 0.632 bits per heavy atom. The summed E-state index contributed by atoms with van der Waals surface area (Å²) in [7, 11) is -3.59. The fourth-order valence-electron chi connectivity index (χ4n) is 1.39. The standard InChI is InChI=1S/C12H10O4S.2Na.2H/c13-9-1-5-11(6-2-9)17(15,16)12-7-3-10(14)4-8-12;;;;/h1-8,13-14H;;;;. The van der Waals surface area contributed by atoms with Crippen LogP contribution in [0.2, 0.25) is 0 Å². The van der Waals surface area contributed by atoms with E-state index >= 15 is 0 Å². The molecule has 0 atom stereocenters. The zero-order valence-electron chi connectivity index (χ0n) is 8.74. The molecule has 0 spiro atoms. The molecule has 92 valence electrons. The van der Waals surface area contributed by atoms with Crippen molar-refractivity contribution in [3.8, 4) is 11.5 Å². The van der Waals surface area contributed by atoms with E-state index in [2.05, 4.69) is 0 Å². The van der Waals surface area contributed by atoms with E-state index in [1.54, 1.807) is 0 Å². The van der Waals surface area contributed by atoms with Crippen LogP contribution < -0.4 is 0 Å². The minimum absolute atomic E-state index is 0. The second-order valence-corrected chi connectivity index (χ2v) is 5.44. The molecule has 0 unspecified atom stereocenters. The van der Waals surface area contributed by atoms with Gasteiger partial charge in [-0.2, -0.15) is 0 Å². The molecule has 2 aromatic rings. The number of aromatic hydroxyl groups is 2. The molecule has 0 fully saturated rings. The van der Waals surface area contributed by atoms with Crippen LogP contribution in [0.3, 0.4) is 0 Å². The van der Waals surface area contributed by atoms with Gasteiger partial charge < -0.3 is 10.2 Å². The Morgan fingerprint density at radius 3 is 1.16 bits per heavy atom. The molecule has 0 saturated carbocycles. The van der Waals surface area contributed by atoms with Gasteiger partial charge >= 0.3 is 59.1 Å². The van der Waals surface area contributed by atoms with Crippen molar-refractivity contribution in [3.63, 3.8) is 0 Å². The van der Waals surface area contributed by atoms with Crippen LogP contribution in [0.1, 0.15) is 0 Å². The van der Waals surface area contributed by atoms with Crippen LogP contribution in [-0.4, -0.2) is 77.7 Å². The van der Waals surface area contributed by atoms with Crippen LogP contribution >= 0.6 is 0 Å². The molecule has 2 aromatic carbocycles. The Bertz CT molecular complexity index is 570. The van der Waals surface area contributed by atoms with Crippen LogP contribution in [0.25, 0.3) is 0 Å². The molecular formula is C12H12Na2O4S. The normalized spacial score (nSPS) is 10.1. The van der Waals surface area contributed by atoms with Gasteiger partial charge in [0.15, 0.2) is 0 Å². The molecule has 4 nitrogen and oxygen atoms in total. The first-order valence-corrected chi connectivity index (χ1v) is 6.31. The summed E-state index contributed by atoms with van der Waals surface area (Å²) in [5.74, 6) is 0.0179. The predicted octanol–water partition coefficient (Wildman–Crippen LogP) is 0.634. The third kappa shape index (κ3) is 4.49. The molecule has 2 rings (SSSR count). The van der Waals surface area contributed by atoms with Gasteiger partial charge in [0, 0.05) is 0 Å². The van der Waals surface area contributed by atoms with E-state index in [9.17, 15) is 8.42 Å². The first-order valence-electron chi connectivity index (χ1n) is 4.83. The number of phenols is 2. The predicted molar refractivity (Wildman–Crippen MR) is 76.0 cm³/mol. The third-order valence-electron chi connectivity index (χ3n) is 2.29. The summed E-state index contributed by atoms with van der Waals surface area (Å²) < 4.78 is 24.2. The summed E-state index contributed by atoms with van der Waals surface area (Å²) in [6, 6.07) is 10.6. The molecule has 0 aliphatic heterocycles. The first-order chi connectivity index (χ1) is 8.00. The van der Waals surface area contributed by atoms with Crippen molar-refractivity contribution in [2.75, 3.05) is 0 Å². The topological polar surface area (TPSA) is 74.6 Å². The molecule has 0 aliphatic rings. The number of rotatable bonds is 2. The summed E-state index contributed by atoms with van der Waals surface area (Å²) in [6.07, 6.45) is 0. The van der Waals surface area contributed by atoms with Crippen molar-refractivity contribution in [1.29, 1.82) is 0 Å². The second-order valence-electron chi connectivity index (χ2n) is 3.49. The molecule has 0 saturated heterocycles. The monoisotopic (exact) mass is 298 g/mol. The molecule has 7 heteroatoms. The number of hydrogen-bond acceptors (Lipinski definition) is 4. The van der Waals surface area contributed by atoms with Crippen molar-refractivity contribution in [3.05, 3.63) is 48.5 Å². The van der Waals surface area contributed by atoms with E-state index in [0.717, 1.165) is 0 Å². The fraction of sp³-hybridized carbons (Fsp3) is 0. The maximum absolute atomic E-state index is 12.1. The third-order valence-corrected chi connectivity index (χ3v) is 4.08. The van der Waals surface area contributed by atoms with Gasteiger partial charge in [-0.25, -0.2) is 8.42 Å². The zero-order chi connectivity index (χ0) is 12.5. The number of phenolic OH excluding ortho intramolecular Hbond substituents is 2. The van der Waals surface area contributed by atoms with Gasteiger partial charge in [-0.15, -0.1) is 0 Å². The second kappa shape index (κ2) is 7.69. The minimum atomic E-state index is -3.59. The van der Waals surface area contributed by atoms with Crippen LogP contribution in [0.15, 0.2) is 58.3 Å². The molecule has 0 bridgehead atoms. The van der Waals surface area contributed by atoms with Crippen molar-refractivity contribution in [1.82, 2.24) is 0 Å². The molecule has 0 amide bonds. The average Bonchev–Trinajstić information content (AvgIpc) is 2.30. The van der Waals surface area contributed by atoms with Gasteiger partial charge in [-0.05, 0) is 48.5 Å². The van der Waals surface area contributed by atoms with E-state index in [1.165, 1.54) is 48.5 Å². The van der Waals surface area contributed by atoms with E-state index in [0.29, 0.717) is 0 Å². The fourth-order valence-corrected chi connectivity index (χ4v) is 2.65.